The molecule has 7 heteroatoms. The van der Waals surface area contributed by atoms with Crippen LogP contribution in [0.3, 0.4) is 0 Å². The molecule has 1 saturated heterocycles. The SMILES string of the molecule is CCCOc1ccc(C2=C(N3CCN(CC)CC3)C(=O)N(Cc3ccc(F)cc3)C2=O)cc1. The van der Waals surface area contributed by atoms with Crippen molar-refractivity contribution in [3.05, 3.63) is 71.2 Å². The maximum atomic E-state index is 13.5. The zero-order valence-electron chi connectivity index (χ0n) is 19.2. The van der Waals surface area contributed by atoms with Gasteiger partial charge in [0.25, 0.3) is 11.8 Å². The van der Waals surface area contributed by atoms with Gasteiger partial charge < -0.3 is 14.5 Å². The number of rotatable bonds is 8. The number of carbonyl (C=O) groups excluding carboxylic acids is 2. The van der Waals surface area contributed by atoms with E-state index >= 15 is 0 Å². The number of hydrogen-bond acceptors (Lipinski definition) is 5. The molecule has 0 unspecified atom stereocenters. The van der Waals surface area contributed by atoms with Crippen molar-refractivity contribution in [3.63, 3.8) is 0 Å². The van der Waals surface area contributed by atoms with Gasteiger partial charge in [0.2, 0.25) is 0 Å². The summed E-state index contributed by atoms with van der Waals surface area (Å²) in [7, 11) is 0. The van der Waals surface area contributed by atoms with E-state index in [4.69, 9.17) is 4.74 Å². The molecule has 2 heterocycles. The van der Waals surface area contributed by atoms with E-state index in [1.165, 1.54) is 17.0 Å². The van der Waals surface area contributed by atoms with Crippen LogP contribution in [0.2, 0.25) is 0 Å². The highest BCUT2D eigenvalue weighted by Gasteiger charge is 2.42. The molecule has 0 atom stereocenters. The smallest absolute Gasteiger partial charge is 0.278 e. The van der Waals surface area contributed by atoms with Crippen molar-refractivity contribution >= 4 is 17.4 Å². The molecule has 0 radical (unpaired) electrons. The Kier molecular flexibility index (Phi) is 7.08. The van der Waals surface area contributed by atoms with E-state index in [0.717, 1.165) is 31.8 Å². The molecule has 2 aromatic rings. The number of imide groups is 1. The van der Waals surface area contributed by atoms with Crippen LogP contribution in [0.5, 0.6) is 5.75 Å². The minimum atomic E-state index is -0.350. The average Bonchev–Trinajstić information content (AvgIpc) is 3.09. The quantitative estimate of drug-likeness (QED) is 0.575. The van der Waals surface area contributed by atoms with E-state index in [1.54, 1.807) is 12.1 Å². The Morgan fingerprint density at radius 1 is 0.879 bits per heavy atom. The number of piperazine rings is 1. The normalized spacial score (nSPS) is 17.3. The molecule has 33 heavy (non-hydrogen) atoms. The molecule has 0 N–H and O–H groups in total. The summed E-state index contributed by atoms with van der Waals surface area (Å²) < 4.78 is 19.0. The monoisotopic (exact) mass is 451 g/mol. The predicted octanol–water partition coefficient (Wildman–Crippen LogP) is 3.53. The number of likely N-dealkylation sites (N-methyl/N-ethyl adjacent to an activating group) is 1. The van der Waals surface area contributed by atoms with Crippen molar-refractivity contribution in [1.82, 2.24) is 14.7 Å². The Balaban J connectivity index is 1.66. The first-order chi connectivity index (χ1) is 16.0. The lowest BCUT2D eigenvalue weighted by atomic mass is 10.0. The van der Waals surface area contributed by atoms with E-state index in [1.807, 2.05) is 36.1 Å². The number of ether oxygens (including phenoxy) is 1. The van der Waals surface area contributed by atoms with Crippen molar-refractivity contribution in [2.45, 2.75) is 26.8 Å². The summed E-state index contributed by atoms with van der Waals surface area (Å²) in [5.74, 6) is -0.231. The number of nitrogens with zero attached hydrogens (tertiary/aromatic N) is 3. The zero-order valence-corrected chi connectivity index (χ0v) is 19.2. The van der Waals surface area contributed by atoms with Crippen LogP contribution in [0.4, 0.5) is 4.39 Å². The molecule has 2 aliphatic rings. The molecule has 0 aromatic heterocycles. The predicted molar refractivity (Wildman–Crippen MR) is 125 cm³/mol. The van der Waals surface area contributed by atoms with Gasteiger partial charge in [0, 0.05) is 26.2 Å². The summed E-state index contributed by atoms with van der Waals surface area (Å²) >= 11 is 0. The fourth-order valence-corrected chi connectivity index (χ4v) is 4.26. The van der Waals surface area contributed by atoms with Gasteiger partial charge in [-0.3, -0.25) is 14.5 Å². The van der Waals surface area contributed by atoms with Crippen LogP contribution in [0, 0.1) is 5.82 Å². The van der Waals surface area contributed by atoms with Crippen LogP contribution in [0.1, 0.15) is 31.4 Å². The van der Waals surface area contributed by atoms with Crippen LogP contribution in [0.25, 0.3) is 5.57 Å². The highest BCUT2D eigenvalue weighted by atomic mass is 19.1. The van der Waals surface area contributed by atoms with Crippen LogP contribution in [-0.4, -0.2) is 65.8 Å². The van der Waals surface area contributed by atoms with Gasteiger partial charge in [-0.25, -0.2) is 4.39 Å². The molecule has 2 aromatic carbocycles. The number of amides is 2. The number of hydrogen-bond donors (Lipinski definition) is 0. The van der Waals surface area contributed by atoms with Crippen LogP contribution in [-0.2, 0) is 16.1 Å². The van der Waals surface area contributed by atoms with Crippen LogP contribution < -0.4 is 4.74 Å². The molecular formula is C26H30FN3O3. The molecule has 174 valence electrons. The number of halogens is 1. The average molecular weight is 452 g/mol. The molecule has 2 aliphatic heterocycles. The summed E-state index contributed by atoms with van der Waals surface area (Å²) in [5, 5.41) is 0. The van der Waals surface area contributed by atoms with Gasteiger partial charge in [-0.1, -0.05) is 38.1 Å². The Hall–Kier alpha value is -3.19. The van der Waals surface area contributed by atoms with E-state index < -0.39 is 0 Å². The molecule has 0 spiro atoms. The zero-order chi connectivity index (χ0) is 23.4. The lowest BCUT2D eigenvalue weighted by Gasteiger charge is -2.36. The van der Waals surface area contributed by atoms with Crippen LogP contribution >= 0.6 is 0 Å². The van der Waals surface area contributed by atoms with E-state index in [2.05, 4.69) is 11.8 Å². The summed E-state index contributed by atoms with van der Waals surface area (Å²) in [4.78, 5) is 32.7. The summed E-state index contributed by atoms with van der Waals surface area (Å²) in [6, 6.07) is 13.3. The Morgan fingerprint density at radius 2 is 1.55 bits per heavy atom. The summed E-state index contributed by atoms with van der Waals surface area (Å²) in [5.41, 5.74) is 2.29. The third-order valence-electron chi connectivity index (χ3n) is 6.15. The van der Waals surface area contributed by atoms with Gasteiger partial charge in [-0.15, -0.1) is 0 Å². The molecule has 2 amide bonds. The Morgan fingerprint density at radius 3 is 2.15 bits per heavy atom. The van der Waals surface area contributed by atoms with Crippen molar-refractivity contribution in [3.8, 4) is 5.75 Å². The van der Waals surface area contributed by atoms with Crippen molar-refractivity contribution < 1.29 is 18.7 Å². The minimum Gasteiger partial charge on any atom is -0.494 e. The van der Waals surface area contributed by atoms with E-state index in [0.29, 0.717) is 42.1 Å². The topological polar surface area (TPSA) is 53.1 Å². The highest BCUT2D eigenvalue weighted by Crippen LogP contribution is 2.34. The molecular weight excluding hydrogens is 421 g/mol. The largest absolute Gasteiger partial charge is 0.494 e. The maximum absolute atomic E-state index is 13.5. The standard InChI is InChI=1S/C26H30FN3O3/c1-3-17-33-22-11-7-20(8-12-22)23-24(29-15-13-28(4-2)14-16-29)26(32)30(25(23)31)18-19-5-9-21(27)10-6-19/h5-12H,3-4,13-18H2,1-2H3. The molecule has 0 aliphatic carbocycles. The molecule has 1 fully saturated rings. The Bertz CT molecular complexity index is 1030. The lowest BCUT2D eigenvalue weighted by Crippen LogP contribution is -2.47. The fourth-order valence-electron chi connectivity index (χ4n) is 4.26. The van der Waals surface area contributed by atoms with Gasteiger partial charge in [0.1, 0.15) is 17.3 Å². The maximum Gasteiger partial charge on any atom is 0.278 e. The molecule has 6 nitrogen and oxygen atoms in total. The molecule has 0 saturated carbocycles. The van der Waals surface area contributed by atoms with Crippen LogP contribution in [0.15, 0.2) is 54.2 Å². The summed E-state index contributed by atoms with van der Waals surface area (Å²) in [6.07, 6.45) is 0.909. The lowest BCUT2D eigenvalue weighted by molar-refractivity contribution is -0.138. The second-order valence-electron chi connectivity index (χ2n) is 8.34. The highest BCUT2D eigenvalue weighted by molar-refractivity contribution is 6.35. The van der Waals surface area contributed by atoms with Crippen molar-refractivity contribution in [2.75, 3.05) is 39.3 Å². The van der Waals surface area contributed by atoms with Gasteiger partial charge in [-0.2, -0.15) is 0 Å². The van der Waals surface area contributed by atoms with E-state index in [9.17, 15) is 14.0 Å². The third kappa shape index (κ3) is 4.93. The number of carbonyl (C=O) groups is 2. The van der Waals surface area contributed by atoms with E-state index in [-0.39, 0.29) is 24.2 Å². The first-order valence-electron chi connectivity index (χ1n) is 11.6. The molecule has 0 bridgehead atoms. The van der Waals surface area contributed by atoms with Gasteiger partial charge in [0.15, 0.2) is 0 Å². The Labute approximate surface area is 194 Å². The second-order valence-corrected chi connectivity index (χ2v) is 8.34. The first-order valence-corrected chi connectivity index (χ1v) is 11.6. The minimum absolute atomic E-state index is 0.109. The first kappa shape index (κ1) is 23.0. The van der Waals surface area contributed by atoms with Gasteiger partial charge in [0.05, 0.1) is 18.7 Å². The second kappa shape index (κ2) is 10.2. The van der Waals surface area contributed by atoms with Gasteiger partial charge in [-0.05, 0) is 48.4 Å². The molecule has 4 rings (SSSR count). The van der Waals surface area contributed by atoms with Gasteiger partial charge >= 0.3 is 0 Å². The number of benzene rings is 2. The third-order valence-corrected chi connectivity index (χ3v) is 6.15. The summed E-state index contributed by atoms with van der Waals surface area (Å²) in [6.45, 7) is 8.92. The van der Waals surface area contributed by atoms with Crippen molar-refractivity contribution in [1.29, 1.82) is 0 Å². The van der Waals surface area contributed by atoms with Crippen molar-refractivity contribution in [2.24, 2.45) is 0 Å². The fraction of sp³-hybridized carbons (Fsp3) is 0.385.